The largest absolute Gasteiger partial charge is 0.326 e. The number of nitrogens with zero attached hydrogens (tertiary/aromatic N) is 5. The average molecular weight is 492 g/mol. The molecule has 36 heavy (non-hydrogen) atoms. The van der Waals surface area contributed by atoms with E-state index in [4.69, 9.17) is 0 Å². The second-order valence-corrected chi connectivity index (χ2v) is 9.84. The molecule has 0 amide bonds. The first kappa shape index (κ1) is 24.2. The molecule has 2 N–H and O–H groups in total. The van der Waals surface area contributed by atoms with E-state index >= 15 is 0 Å². The van der Waals surface area contributed by atoms with Crippen LogP contribution in [0.2, 0.25) is 0 Å². The Morgan fingerprint density at radius 1 is 1.06 bits per heavy atom. The number of benzene rings is 1. The normalized spacial score (nSPS) is 17.0. The molecule has 0 spiro atoms. The third kappa shape index (κ3) is 4.67. The number of hydrogen-bond acceptors (Lipinski definition) is 6. The zero-order valence-corrected chi connectivity index (χ0v) is 21.0. The number of anilines is 2. The van der Waals surface area contributed by atoms with Crippen LogP contribution < -0.4 is 10.6 Å². The Bertz CT molecular complexity index is 1380. The first-order chi connectivity index (χ1) is 17.3. The molecule has 1 aromatic carbocycles. The van der Waals surface area contributed by atoms with Gasteiger partial charge in [-0.15, -0.1) is 0 Å². The van der Waals surface area contributed by atoms with Crippen molar-refractivity contribution in [3.8, 4) is 11.3 Å². The summed E-state index contributed by atoms with van der Waals surface area (Å²) in [5.41, 5.74) is 2.38. The SMILES string of the molecule is Cc1nc2c(F)cc(-c3nc(Nc4ccc([C@@H](C)[C@H]5CCCNC5)cn4)ncc3F)cc2n1C(C)C. The molecule has 9 heteroatoms. The van der Waals surface area contributed by atoms with Crippen molar-refractivity contribution in [2.45, 2.75) is 52.5 Å². The number of imidazole rings is 1. The summed E-state index contributed by atoms with van der Waals surface area (Å²) in [5, 5.41) is 6.52. The van der Waals surface area contributed by atoms with Crippen LogP contribution in [0, 0.1) is 24.5 Å². The topological polar surface area (TPSA) is 80.6 Å². The van der Waals surface area contributed by atoms with E-state index in [0.29, 0.717) is 34.6 Å². The molecule has 3 aromatic heterocycles. The van der Waals surface area contributed by atoms with Gasteiger partial charge in [0.1, 0.15) is 22.9 Å². The number of halogens is 2. The maximum absolute atomic E-state index is 14.9. The fourth-order valence-electron chi connectivity index (χ4n) is 5.13. The molecule has 188 valence electrons. The van der Waals surface area contributed by atoms with E-state index in [-0.39, 0.29) is 23.2 Å². The molecule has 0 radical (unpaired) electrons. The number of rotatable bonds is 6. The summed E-state index contributed by atoms with van der Waals surface area (Å²) >= 11 is 0. The van der Waals surface area contributed by atoms with E-state index in [0.717, 1.165) is 19.3 Å². The summed E-state index contributed by atoms with van der Waals surface area (Å²) in [4.78, 5) is 17.3. The molecule has 1 aliphatic rings. The lowest BCUT2D eigenvalue weighted by Crippen LogP contribution is -2.32. The van der Waals surface area contributed by atoms with Gasteiger partial charge in [-0.3, -0.25) is 0 Å². The third-order valence-corrected chi connectivity index (χ3v) is 7.05. The Morgan fingerprint density at radius 2 is 1.89 bits per heavy atom. The van der Waals surface area contributed by atoms with Crippen molar-refractivity contribution in [2.24, 2.45) is 5.92 Å². The van der Waals surface area contributed by atoms with Gasteiger partial charge in [-0.2, -0.15) is 0 Å². The minimum absolute atomic E-state index is 0.0116. The van der Waals surface area contributed by atoms with Crippen molar-refractivity contribution in [3.05, 3.63) is 59.7 Å². The van der Waals surface area contributed by atoms with Gasteiger partial charge in [0.2, 0.25) is 5.95 Å². The highest BCUT2D eigenvalue weighted by atomic mass is 19.1. The quantitative estimate of drug-likeness (QED) is 0.349. The maximum Gasteiger partial charge on any atom is 0.229 e. The highest BCUT2D eigenvalue weighted by molar-refractivity contribution is 5.83. The van der Waals surface area contributed by atoms with Crippen LogP contribution in [0.3, 0.4) is 0 Å². The summed E-state index contributed by atoms with van der Waals surface area (Å²) in [6, 6.07) is 7.00. The van der Waals surface area contributed by atoms with Crippen LogP contribution in [0.15, 0.2) is 36.7 Å². The average Bonchev–Trinajstić information content (AvgIpc) is 3.22. The van der Waals surface area contributed by atoms with Gasteiger partial charge in [-0.05, 0) is 82.3 Å². The Hall–Kier alpha value is -3.46. The number of piperidine rings is 1. The molecule has 1 saturated heterocycles. The number of fused-ring (bicyclic) bond motifs is 1. The zero-order chi connectivity index (χ0) is 25.4. The summed E-state index contributed by atoms with van der Waals surface area (Å²) in [6.45, 7) is 10.2. The molecule has 1 aliphatic heterocycles. The molecule has 4 aromatic rings. The standard InChI is InChI=1S/C27H31F2N7/c1-15(2)36-17(4)33-26-21(28)10-20(11-23(26)36)25-22(29)14-32-27(35-25)34-24-8-7-19(13-31-24)16(3)18-6-5-9-30-12-18/h7-8,10-11,13-16,18,30H,5-6,9,12H2,1-4H3,(H,31,32,34,35)/t16-,18-/m0/s1. The number of hydrogen-bond donors (Lipinski definition) is 2. The molecular formula is C27H31F2N7. The number of aryl methyl sites for hydroxylation is 1. The molecule has 5 rings (SSSR count). The van der Waals surface area contributed by atoms with Crippen LogP contribution in [0.1, 0.15) is 57.0 Å². The number of nitrogens with one attached hydrogen (secondary N) is 2. The van der Waals surface area contributed by atoms with Crippen LogP contribution in [-0.4, -0.2) is 37.6 Å². The van der Waals surface area contributed by atoms with Crippen LogP contribution in [-0.2, 0) is 0 Å². The fourth-order valence-corrected chi connectivity index (χ4v) is 5.13. The molecule has 0 unspecified atom stereocenters. The Kier molecular flexibility index (Phi) is 6.66. The fraction of sp³-hybridized carbons (Fsp3) is 0.407. The maximum atomic E-state index is 14.9. The van der Waals surface area contributed by atoms with E-state index in [1.807, 2.05) is 37.6 Å². The third-order valence-electron chi connectivity index (χ3n) is 7.05. The summed E-state index contributed by atoms with van der Waals surface area (Å²) < 4.78 is 31.7. The molecular weight excluding hydrogens is 460 g/mol. The van der Waals surface area contributed by atoms with Gasteiger partial charge >= 0.3 is 0 Å². The van der Waals surface area contributed by atoms with E-state index in [2.05, 4.69) is 43.6 Å². The Morgan fingerprint density at radius 3 is 2.58 bits per heavy atom. The zero-order valence-electron chi connectivity index (χ0n) is 21.0. The molecule has 0 aliphatic carbocycles. The van der Waals surface area contributed by atoms with Crippen LogP contribution in [0.5, 0.6) is 0 Å². The first-order valence-electron chi connectivity index (χ1n) is 12.5. The van der Waals surface area contributed by atoms with Gasteiger partial charge in [0.25, 0.3) is 0 Å². The second-order valence-electron chi connectivity index (χ2n) is 9.84. The van der Waals surface area contributed by atoms with Gasteiger partial charge in [0, 0.05) is 17.8 Å². The van der Waals surface area contributed by atoms with Crippen LogP contribution >= 0.6 is 0 Å². The van der Waals surface area contributed by atoms with Crippen LogP contribution in [0.25, 0.3) is 22.3 Å². The van der Waals surface area contributed by atoms with Gasteiger partial charge in [-0.1, -0.05) is 13.0 Å². The van der Waals surface area contributed by atoms with Gasteiger partial charge in [-0.25, -0.2) is 28.7 Å². The van der Waals surface area contributed by atoms with Crippen molar-refractivity contribution in [1.29, 1.82) is 0 Å². The molecule has 2 atom stereocenters. The van der Waals surface area contributed by atoms with Crippen molar-refractivity contribution >= 4 is 22.8 Å². The van der Waals surface area contributed by atoms with Crippen molar-refractivity contribution in [1.82, 2.24) is 29.8 Å². The molecule has 0 bridgehead atoms. The number of aromatic nitrogens is 5. The highest BCUT2D eigenvalue weighted by Gasteiger charge is 2.22. The first-order valence-corrected chi connectivity index (χ1v) is 12.5. The van der Waals surface area contributed by atoms with Crippen LogP contribution in [0.4, 0.5) is 20.5 Å². The van der Waals surface area contributed by atoms with E-state index < -0.39 is 11.6 Å². The van der Waals surface area contributed by atoms with Gasteiger partial charge < -0.3 is 15.2 Å². The highest BCUT2D eigenvalue weighted by Crippen LogP contribution is 2.31. The van der Waals surface area contributed by atoms with Gasteiger partial charge in [0.15, 0.2) is 11.6 Å². The predicted molar refractivity (Wildman–Crippen MR) is 137 cm³/mol. The van der Waals surface area contributed by atoms with Crippen molar-refractivity contribution in [3.63, 3.8) is 0 Å². The number of pyridine rings is 1. The van der Waals surface area contributed by atoms with Crippen molar-refractivity contribution < 1.29 is 8.78 Å². The lowest BCUT2D eigenvalue weighted by molar-refractivity contribution is 0.334. The van der Waals surface area contributed by atoms with Crippen molar-refractivity contribution in [2.75, 3.05) is 18.4 Å². The second kappa shape index (κ2) is 9.89. The molecule has 0 saturated carbocycles. The molecule has 7 nitrogen and oxygen atoms in total. The lowest BCUT2D eigenvalue weighted by atomic mass is 9.83. The van der Waals surface area contributed by atoms with E-state index in [1.165, 1.54) is 24.5 Å². The van der Waals surface area contributed by atoms with Gasteiger partial charge in [0.05, 0.1) is 11.7 Å². The summed E-state index contributed by atoms with van der Waals surface area (Å²) in [7, 11) is 0. The van der Waals surface area contributed by atoms with E-state index in [1.54, 1.807) is 6.07 Å². The Balaban J connectivity index is 1.41. The minimum atomic E-state index is -0.634. The Labute approximate surface area is 209 Å². The van der Waals surface area contributed by atoms with E-state index in [9.17, 15) is 8.78 Å². The smallest absolute Gasteiger partial charge is 0.229 e. The molecule has 4 heterocycles. The lowest BCUT2D eigenvalue weighted by Gasteiger charge is -2.28. The summed E-state index contributed by atoms with van der Waals surface area (Å²) in [6.07, 6.45) is 5.36. The minimum Gasteiger partial charge on any atom is -0.326 e. The predicted octanol–water partition coefficient (Wildman–Crippen LogP) is 5.90. The summed E-state index contributed by atoms with van der Waals surface area (Å²) in [5.74, 6) is 1.29. The monoisotopic (exact) mass is 491 g/mol. The molecule has 1 fully saturated rings.